The fraction of sp³-hybridized carbons (Fsp3) is 0.667. The standard InChI is InChI=1S/C18H29F2P/c1-5-8-14(3)12-21(13-15(4)9-6-2)17-11-7-10-16(19)18(17)20/h7,10-11,14-15H,5-6,8-9,12-13H2,1-4H3. The Morgan fingerprint density at radius 3 is 1.95 bits per heavy atom. The molecule has 0 aliphatic rings. The van der Waals surface area contributed by atoms with Gasteiger partial charge in [-0.15, -0.1) is 0 Å². The van der Waals surface area contributed by atoms with Gasteiger partial charge >= 0.3 is 0 Å². The summed E-state index contributed by atoms with van der Waals surface area (Å²) in [5, 5.41) is 0.635. The Morgan fingerprint density at radius 1 is 0.952 bits per heavy atom. The van der Waals surface area contributed by atoms with Crippen molar-refractivity contribution in [3.63, 3.8) is 0 Å². The molecule has 1 aromatic rings. The van der Waals surface area contributed by atoms with Gasteiger partial charge in [-0.2, -0.15) is 0 Å². The molecule has 0 spiro atoms. The molecule has 1 aromatic carbocycles. The molecule has 120 valence electrons. The molecule has 2 atom stereocenters. The lowest BCUT2D eigenvalue weighted by atomic mass is 10.1. The highest BCUT2D eigenvalue weighted by Crippen LogP contribution is 2.41. The van der Waals surface area contributed by atoms with Crippen LogP contribution in [0.3, 0.4) is 0 Å². The van der Waals surface area contributed by atoms with E-state index in [1.54, 1.807) is 12.1 Å². The van der Waals surface area contributed by atoms with Crippen molar-refractivity contribution >= 4 is 13.2 Å². The third-order valence-electron chi connectivity index (χ3n) is 3.90. The minimum Gasteiger partial charge on any atom is -0.204 e. The highest BCUT2D eigenvalue weighted by Gasteiger charge is 2.21. The summed E-state index contributed by atoms with van der Waals surface area (Å²) in [6, 6.07) is 4.66. The summed E-state index contributed by atoms with van der Waals surface area (Å²) in [6.45, 7) is 8.84. The van der Waals surface area contributed by atoms with Gasteiger partial charge in [-0.25, -0.2) is 8.78 Å². The second-order valence-corrected chi connectivity index (χ2v) is 8.56. The van der Waals surface area contributed by atoms with Crippen LogP contribution in [0, 0.1) is 23.5 Å². The molecule has 0 aliphatic carbocycles. The van der Waals surface area contributed by atoms with Crippen LogP contribution in [0.25, 0.3) is 0 Å². The van der Waals surface area contributed by atoms with Crippen LogP contribution >= 0.6 is 7.92 Å². The van der Waals surface area contributed by atoms with Crippen LogP contribution < -0.4 is 5.30 Å². The average molecular weight is 314 g/mol. The SMILES string of the molecule is CCCC(C)CP(CC(C)CCC)c1cccc(F)c1F. The molecule has 1 rings (SSSR count). The molecular weight excluding hydrogens is 285 g/mol. The normalized spacial score (nSPS) is 15.7. The maximum absolute atomic E-state index is 14.2. The molecular formula is C18H29F2P. The first-order valence-electron chi connectivity index (χ1n) is 8.18. The van der Waals surface area contributed by atoms with Gasteiger partial charge in [0.05, 0.1) is 0 Å². The Kier molecular flexibility index (Phi) is 8.41. The number of rotatable bonds is 9. The van der Waals surface area contributed by atoms with Crippen molar-refractivity contribution in [1.29, 1.82) is 0 Å². The second-order valence-electron chi connectivity index (χ2n) is 6.27. The molecule has 0 N–H and O–H groups in total. The van der Waals surface area contributed by atoms with E-state index in [2.05, 4.69) is 27.7 Å². The monoisotopic (exact) mass is 314 g/mol. The second kappa shape index (κ2) is 9.51. The number of hydrogen-bond donors (Lipinski definition) is 0. The first-order valence-corrected chi connectivity index (χ1v) is 9.89. The molecule has 0 nitrogen and oxygen atoms in total. The Balaban J connectivity index is 2.91. The summed E-state index contributed by atoms with van der Waals surface area (Å²) < 4.78 is 27.7. The third-order valence-corrected chi connectivity index (χ3v) is 7.05. The summed E-state index contributed by atoms with van der Waals surface area (Å²) in [5.41, 5.74) is 0. The zero-order chi connectivity index (χ0) is 15.8. The maximum Gasteiger partial charge on any atom is 0.166 e. The minimum atomic E-state index is -0.703. The van der Waals surface area contributed by atoms with Crippen molar-refractivity contribution in [3.05, 3.63) is 29.8 Å². The number of halogens is 2. The van der Waals surface area contributed by atoms with E-state index in [4.69, 9.17) is 0 Å². The summed E-state index contributed by atoms with van der Waals surface area (Å²) in [7, 11) is -0.610. The van der Waals surface area contributed by atoms with Crippen molar-refractivity contribution < 1.29 is 8.78 Å². The van der Waals surface area contributed by atoms with Crippen LogP contribution in [0.15, 0.2) is 18.2 Å². The van der Waals surface area contributed by atoms with Crippen molar-refractivity contribution in [2.24, 2.45) is 11.8 Å². The van der Waals surface area contributed by atoms with E-state index in [1.165, 1.54) is 6.07 Å². The first kappa shape index (κ1) is 18.6. The molecule has 0 saturated heterocycles. The third kappa shape index (κ3) is 6.02. The smallest absolute Gasteiger partial charge is 0.166 e. The fourth-order valence-corrected chi connectivity index (χ4v) is 6.02. The molecule has 0 fully saturated rings. The van der Waals surface area contributed by atoms with Crippen LogP contribution in [0.4, 0.5) is 8.78 Å². The van der Waals surface area contributed by atoms with Crippen molar-refractivity contribution in [1.82, 2.24) is 0 Å². The van der Waals surface area contributed by atoms with Gasteiger partial charge in [-0.1, -0.05) is 73.4 Å². The van der Waals surface area contributed by atoms with Gasteiger partial charge < -0.3 is 0 Å². The summed E-state index contributed by atoms with van der Waals surface area (Å²) >= 11 is 0. The molecule has 2 unspecified atom stereocenters. The van der Waals surface area contributed by atoms with Crippen molar-refractivity contribution in [2.45, 2.75) is 53.4 Å². The van der Waals surface area contributed by atoms with E-state index in [0.29, 0.717) is 17.1 Å². The zero-order valence-electron chi connectivity index (χ0n) is 13.8. The summed E-state index contributed by atoms with van der Waals surface area (Å²) in [4.78, 5) is 0. The van der Waals surface area contributed by atoms with Crippen LogP contribution in [0.2, 0.25) is 0 Å². The molecule has 0 aliphatic heterocycles. The molecule has 0 aromatic heterocycles. The van der Waals surface area contributed by atoms with Crippen molar-refractivity contribution in [2.75, 3.05) is 12.3 Å². The van der Waals surface area contributed by atoms with E-state index < -0.39 is 19.6 Å². The predicted octanol–water partition coefficient (Wildman–Crippen LogP) is 5.94. The van der Waals surface area contributed by atoms with Gasteiger partial charge in [0.15, 0.2) is 11.6 Å². The molecule has 0 bridgehead atoms. The summed E-state index contributed by atoms with van der Waals surface area (Å²) in [5.74, 6) is -0.155. The first-order chi connectivity index (χ1) is 9.99. The molecule has 0 amide bonds. The van der Waals surface area contributed by atoms with Gasteiger partial charge in [0.2, 0.25) is 0 Å². The number of hydrogen-bond acceptors (Lipinski definition) is 0. The molecule has 3 heteroatoms. The summed E-state index contributed by atoms with van der Waals surface area (Å²) in [6.07, 6.45) is 6.66. The molecule has 0 heterocycles. The topological polar surface area (TPSA) is 0 Å². The Labute approximate surface area is 130 Å². The van der Waals surface area contributed by atoms with Crippen LogP contribution in [-0.2, 0) is 0 Å². The minimum absolute atomic E-state index is 0.581. The lowest BCUT2D eigenvalue weighted by Gasteiger charge is -2.25. The van der Waals surface area contributed by atoms with E-state index in [-0.39, 0.29) is 0 Å². The van der Waals surface area contributed by atoms with Gasteiger partial charge in [0, 0.05) is 5.30 Å². The lowest BCUT2D eigenvalue weighted by Crippen LogP contribution is -2.18. The van der Waals surface area contributed by atoms with Crippen LogP contribution in [0.5, 0.6) is 0 Å². The van der Waals surface area contributed by atoms with Gasteiger partial charge in [0.1, 0.15) is 0 Å². The van der Waals surface area contributed by atoms with E-state index in [1.807, 2.05) is 0 Å². The Bertz CT molecular complexity index is 406. The Hall–Kier alpha value is -0.490. The maximum atomic E-state index is 14.2. The van der Waals surface area contributed by atoms with Crippen LogP contribution in [0.1, 0.15) is 53.4 Å². The van der Waals surface area contributed by atoms with Gasteiger partial charge in [0.25, 0.3) is 0 Å². The predicted molar refractivity (Wildman–Crippen MR) is 90.8 cm³/mol. The molecule has 0 saturated carbocycles. The van der Waals surface area contributed by atoms with Gasteiger partial charge in [-0.05, 0) is 30.2 Å². The van der Waals surface area contributed by atoms with E-state index in [9.17, 15) is 8.78 Å². The number of benzene rings is 1. The van der Waals surface area contributed by atoms with Gasteiger partial charge in [-0.3, -0.25) is 0 Å². The zero-order valence-corrected chi connectivity index (χ0v) is 14.7. The lowest BCUT2D eigenvalue weighted by molar-refractivity contribution is 0.513. The average Bonchev–Trinajstić information content (AvgIpc) is 2.41. The van der Waals surface area contributed by atoms with Crippen molar-refractivity contribution in [3.8, 4) is 0 Å². The van der Waals surface area contributed by atoms with E-state index >= 15 is 0 Å². The largest absolute Gasteiger partial charge is 0.204 e. The molecule has 21 heavy (non-hydrogen) atoms. The quantitative estimate of drug-likeness (QED) is 0.494. The Morgan fingerprint density at radius 2 is 1.48 bits per heavy atom. The fourth-order valence-electron chi connectivity index (χ4n) is 2.93. The van der Waals surface area contributed by atoms with Crippen LogP contribution in [-0.4, -0.2) is 12.3 Å². The molecule has 0 radical (unpaired) electrons. The highest BCUT2D eigenvalue weighted by molar-refractivity contribution is 7.65. The highest BCUT2D eigenvalue weighted by atomic mass is 31.1. The van der Waals surface area contributed by atoms with E-state index in [0.717, 1.165) is 38.0 Å².